The highest BCUT2D eigenvalue weighted by molar-refractivity contribution is 14.0. The molecular weight excluding hydrogens is 477 g/mol. The van der Waals surface area contributed by atoms with Crippen molar-refractivity contribution in [3.63, 3.8) is 0 Å². The van der Waals surface area contributed by atoms with Crippen LogP contribution in [0, 0.1) is 5.92 Å². The van der Waals surface area contributed by atoms with Gasteiger partial charge in [-0.2, -0.15) is 0 Å². The van der Waals surface area contributed by atoms with Crippen molar-refractivity contribution in [1.29, 1.82) is 0 Å². The van der Waals surface area contributed by atoms with Crippen molar-refractivity contribution in [2.75, 3.05) is 20.3 Å². The molecule has 0 amide bonds. The smallest absolute Gasteiger partial charge is 0.191 e. The van der Waals surface area contributed by atoms with Crippen molar-refractivity contribution in [3.8, 4) is 5.75 Å². The third-order valence-electron chi connectivity index (χ3n) is 4.76. The van der Waals surface area contributed by atoms with Crippen molar-refractivity contribution in [3.05, 3.63) is 65.2 Å². The predicted molar refractivity (Wildman–Crippen MR) is 129 cm³/mol. The lowest BCUT2D eigenvalue weighted by Crippen LogP contribution is -2.37. The summed E-state index contributed by atoms with van der Waals surface area (Å²) in [4.78, 5) is 4.76. The highest BCUT2D eigenvalue weighted by Crippen LogP contribution is 2.30. The topological polar surface area (TPSA) is 54.9 Å². The van der Waals surface area contributed by atoms with Crippen LogP contribution in [0.2, 0.25) is 0 Å². The van der Waals surface area contributed by atoms with E-state index in [9.17, 15) is 0 Å². The summed E-state index contributed by atoms with van der Waals surface area (Å²) < 4.78 is 11.3. The monoisotopic (exact) mass is 509 g/mol. The van der Waals surface area contributed by atoms with Gasteiger partial charge < -0.3 is 20.1 Å². The van der Waals surface area contributed by atoms with E-state index in [1.807, 2.05) is 30.3 Å². The van der Waals surface area contributed by atoms with Crippen molar-refractivity contribution < 1.29 is 9.47 Å². The minimum absolute atomic E-state index is 0. The van der Waals surface area contributed by atoms with Gasteiger partial charge >= 0.3 is 0 Å². The Labute approximate surface area is 191 Å². The number of benzene rings is 2. The van der Waals surface area contributed by atoms with Gasteiger partial charge in [-0.15, -0.1) is 24.0 Å². The molecule has 2 N–H and O–H groups in total. The Morgan fingerprint density at radius 2 is 1.69 bits per heavy atom. The molecule has 158 valence electrons. The summed E-state index contributed by atoms with van der Waals surface area (Å²) in [5.74, 6) is 2.48. The first-order valence-corrected chi connectivity index (χ1v) is 10.1. The number of halogens is 1. The van der Waals surface area contributed by atoms with Crippen LogP contribution >= 0.6 is 24.0 Å². The quantitative estimate of drug-likeness (QED) is 0.282. The molecule has 1 fully saturated rings. The van der Waals surface area contributed by atoms with E-state index in [-0.39, 0.29) is 24.0 Å². The van der Waals surface area contributed by atoms with E-state index in [2.05, 4.69) is 35.8 Å². The van der Waals surface area contributed by atoms with Gasteiger partial charge in [0.05, 0.1) is 19.8 Å². The summed E-state index contributed by atoms with van der Waals surface area (Å²) in [6, 6.07) is 16.5. The number of para-hydroxylation sites is 1. The van der Waals surface area contributed by atoms with E-state index in [1.54, 1.807) is 7.11 Å². The molecule has 1 aliphatic rings. The molecule has 0 saturated heterocycles. The van der Waals surface area contributed by atoms with E-state index in [0.717, 1.165) is 36.3 Å². The lowest BCUT2D eigenvalue weighted by atomic mass is 10.1. The third kappa shape index (κ3) is 7.85. The average Bonchev–Trinajstić information content (AvgIpc) is 3.55. The molecule has 5 nitrogen and oxygen atoms in total. The maximum Gasteiger partial charge on any atom is 0.191 e. The van der Waals surface area contributed by atoms with Gasteiger partial charge in [0.15, 0.2) is 5.96 Å². The van der Waals surface area contributed by atoms with E-state index in [0.29, 0.717) is 19.7 Å². The minimum atomic E-state index is 0. The van der Waals surface area contributed by atoms with Crippen molar-refractivity contribution >= 4 is 29.9 Å². The highest BCUT2D eigenvalue weighted by atomic mass is 127. The lowest BCUT2D eigenvalue weighted by molar-refractivity contribution is 0.184. The molecule has 0 atom stereocenters. The van der Waals surface area contributed by atoms with Crippen LogP contribution in [0.25, 0.3) is 0 Å². The molecule has 0 heterocycles. The zero-order valence-corrected chi connectivity index (χ0v) is 19.6. The fraction of sp³-hybridized carbons (Fsp3) is 0.435. The summed E-state index contributed by atoms with van der Waals surface area (Å²) in [6.07, 6.45) is 2.58. The largest absolute Gasteiger partial charge is 0.493 e. The van der Waals surface area contributed by atoms with Crippen LogP contribution in [-0.4, -0.2) is 26.2 Å². The fourth-order valence-corrected chi connectivity index (χ4v) is 2.98. The van der Waals surface area contributed by atoms with Crippen LogP contribution in [0.3, 0.4) is 0 Å². The Kier molecular flexibility index (Phi) is 10.3. The normalized spacial score (nSPS) is 13.5. The Hall–Kier alpha value is -1.80. The van der Waals surface area contributed by atoms with E-state index in [1.165, 1.54) is 24.0 Å². The lowest BCUT2D eigenvalue weighted by Gasteiger charge is -2.14. The summed E-state index contributed by atoms with van der Waals surface area (Å²) in [6.45, 7) is 5.59. The maximum absolute atomic E-state index is 6.00. The van der Waals surface area contributed by atoms with Crippen LogP contribution < -0.4 is 15.4 Å². The molecular formula is C23H32IN3O2. The Morgan fingerprint density at radius 3 is 2.38 bits per heavy atom. The zero-order valence-electron chi connectivity index (χ0n) is 17.3. The molecule has 0 bridgehead atoms. The molecule has 0 aromatic heterocycles. The fourth-order valence-electron chi connectivity index (χ4n) is 2.98. The minimum Gasteiger partial charge on any atom is -0.493 e. The van der Waals surface area contributed by atoms with Gasteiger partial charge in [0.25, 0.3) is 0 Å². The SMILES string of the molecule is CCNC(=NCc1ccccc1OCC1CC1)NCc1ccccc1COC.I. The van der Waals surface area contributed by atoms with Crippen LogP contribution in [0.4, 0.5) is 0 Å². The first-order valence-electron chi connectivity index (χ1n) is 10.1. The average molecular weight is 509 g/mol. The second kappa shape index (κ2) is 12.7. The number of methoxy groups -OCH3 is 1. The molecule has 0 aliphatic heterocycles. The second-order valence-electron chi connectivity index (χ2n) is 7.11. The number of nitrogens with one attached hydrogen (secondary N) is 2. The predicted octanol–water partition coefficient (Wildman–Crippen LogP) is 4.50. The number of ether oxygens (including phenoxy) is 2. The molecule has 0 radical (unpaired) electrons. The first kappa shape index (κ1) is 23.5. The molecule has 2 aromatic rings. The van der Waals surface area contributed by atoms with Gasteiger partial charge in [0.2, 0.25) is 0 Å². The summed E-state index contributed by atoms with van der Waals surface area (Å²) >= 11 is 0. The standard InChI is InChI=1S/C23H31N3O2.HI/c1-3-24-23(25-14-19-8-4-5-10-21(19)17-27-2)26-15-20-9-6-7-11-22(20)28-16-18-12-13-18;/h4-11,18H,3,12-17H2,1-2H3,(H2,24,25,26);1H. The zero-order chi connectivity index (χ0) is 19.6. The van der Waals surface area contributed by atoms with Gasteiger partial charge in [0.1, 0.15) is 5.75 Å². The molecule has 6 heteroatoms. The number of hydrogen-bond acceptors (Lipinski definition) is 3. The molecule has 1 saturated carbocycles. The van der Waals surface area contributed by atoms with Gasteiger partial charge in [-0.05, 0) is 42.9 Å². The van der Waals surface area contributed by atoms with Gasteiger partial charge in [-0.3, -0.25) is 0 Å². The third-order valence-corrected chi connectivity index (χ3v) is 4.76. The van der Waals surface area contributed by atoms with Crippen LogP contribution in [0.15, 0.2) is 53.5 Å². The van der Waals surface area contributed by atoms with Gasteiger partial charge in [0, 0.05) is 25.8 Å². The number of nitrogens with zero attached hydrogens (tertiary/aromatic N) is 1. The molecule has 0 spiro atoms. The summed E-state index contributed by atoms with van der Waals surface area (Å²) in [5.41, 5.74) is 3.51. The van der Waals surface area contributed by atoms with Gasteiger partial charge in [-0.1, -0.05) is 42.5 Å². The van der Waals surface area contributed by atoms with Crippen molar-refractivity contribution in [1.82, 2.24) is 10.6 Å². The number of hydrogen-bond donors (Lipinski definition) is 2. The molecule has 3 rings (SSSR count). The molecule has 2 aromatic carbocycles. The molecule has 29 heavy (non-hydrogen) atoms. The highest BCUT2D eigenvalue weighted by Gasteiger charge is 2.22. The Balaban J connectivity index is 0.00000300. The van der Waals surface area contributed by atoms with Crippen LogP contribution in [0.5, 0.6) is 5.75 Å². The van der Waals surface area contributed by atoms with E-state index < -0.39 is 0 Å². The second-order valence-corrected chi connectivity index (χ2v) is 7.11. The van der Waals surface area contributed by atoms with E-state index >= 15 is 0 Å². The Bertz CT molecular complexity index is 778. The Morgan fingerprint density at radius 1 is 1.00 bits per heavy atom. The van der Waals surface area contributed by atoms with E-state index in [4.69, 9.17) is 14.5 Å². The van der Waals surface area contributed by atoms with Crippen LogP contribution in [0.1, 0.15) is 36.5 Å². The molecule has 1 aliphatic carbocycles. The van der Waals surface area contributed by atoms with Gasteiger partial charge in [-0.25, -0.2) is 4.99 Å². The summed E-state index contributed by atoms with van der Waals surface area (Å²) in [7, 11) is 1.72. The van der Waals surface area contributed by atoms with Crippen molar-refractivity contribution in [2.45, 2.75) is 39.5 Å². The number of guanidine groups is 1. The van der Waals surface area contributed by atoms with Crippen LogP contribution in [-0.2, 0) is 24.4 Å². The van der Waals surface area contributed by atoms with Crippen molar-refractivity contribution in [2.24, 2.45) is 10.9 Å². The first-order chi connectivity index (χ1) is 13.8. The number of aliphatic imine (C=N–C) groups is 1. The summed E-state index contributed by atoms with van der Waals surface area (Å²) in [5, 5.41) is 6.75. The number of rotatable bonds is 10. The maximum atomic E-state index is 6.00. The molecule has 0 unspecified atom stereocenters.